The molecule has 0 aromatic rings. The second-order valence-corrected chi connectivity index (χ2v) is 10.1. The molecule has 0 aliphatic heterocycles. The Morgan fingerprint density at radius 1 is 0.533 bits per heavy atom. The summed E-state index contributed by atoms with van der Waals surface area (Å²) in [5.74, 6) is 0. The van der Waals surface area contributed by atoms with Crippen molar-refractivity contribution in [3.63, 3.8) is 0 Å². The van der Waals surface area contributed by atoms with Crippen LogP contribution in [0, 0.1) is 0 Å². The van der Waals surface area contributed by atoms with Crippen molar-refractivity contribution in [1.29, 1.82) is 0 Å². The minimum Gasteiger partial charge on any atom is -1.00 e. The normalized spacial score (nSPS) is 12.7. The maximum Gasteiger partial charge on any atom is 0.102 e. The first-order chi connectivity index (χ1) is 14.1. The van der Waals surface area contributed by atoms with Crippen molar-refractivity contribution in [3.05, 3.63) is 0 Å². The second kappa shape index (κ2) is 24.1. The van der Waals surface area contributed by atoms with E-state index in [-0.39, 0.29) is 17.0 Å². The fourth-order valence-corrected chi connectivity index (χ4v) is 4.66. The molecular weight excluding hydrogens is 434 g/mol. The van der Waals surface area contributed by atoms with Gasteiger partial charge in [-0.3, -0.25) is 0 Å². The van der Waals surface area contributed by atoms with Crippen LogP contribution in [0.2, 0.25) is 0 Å². The van der Waals surface area contributed by atoms with E-state index in [4.69, 9.17) is 0 Å². The van der Waals surface area contributed by atoms with Gasteiger partial charge in [0.15, 0.2) is 0 Å². The van der Waals surface area contributed by atoms with Crippen LogP contribution in [-0.2, 0) is 0 Å². The summed E-state index contributed by atoms with van der Waals surface area (Å²) in [5.41, 5.74) is 0. The third-order valence-corrected chi connectivity index (χ3v) is 6.95. The van der Waals surface area contributed by atoms with Crippen molar-refractivity contribution in [1.82, 2.24) is 0 Å². The summed E-state index contributed by atoms with van der Waals surface area (Å²) < 4.78 is 1.00. The van der Waals surface area contributed by atoms with E-state index in [0.29, 0.717) is 6.61 Å². The van der Waals surface area contributed by atoms with E-state index >= 15 is 0 Å². The molecule has 1 N–H and O–H groups in total. The molecule has 1 unspecified atom stereocenters. The molecule has 0 aliphatic rings. The summed E-state index contributed by atoms with van der Waals surface area (Å²) in [6, 6.07) is 0.733. The van der Waals surface area contributed by atoms with E-state index in [1.54, 1.807) is 0 Å². The van der Waals surface area contributed by atoms with Gasteiger partial charge in [0.25, 0.3) is 0 Å². The zero-order chi connectivity index (χ0) is 21.6. The molecule has 0 rings (SSSR count). The summed E-state index contributed by atoms with van der Waals surface area (Å²) in [6.45, 7) is 5.81. The Kier molecular flexibility index (Phi) is 26.1. The first-order valence-electron chi connectivity index (χ1n) is 13.5. The summed E-state index contributed by atoms with van der Waals surface area (Å²) in [4.78, 5) is 0. The zero-order valence-electron chi connectivity index (χ0n) is 21.4. The predicted octanol–water partition coefficient (Wildman–Crippen LogP) is 5.27. The Morgan fingerprint density at radius 2 is 0.833 bits per heavy atom. The molecule has 0 saturated carbocycles. The Balaban J connectivity index is 0. The third-order valence-electron chi connectivity index (χ3n) is 6.95. The van der Waals surface area contributed by atoms with Crippen molar-refractivity contribution in [2.45, 2.75) is 148 Å². The van der Waals surface area contributed by atoms with Gasteiger partial charge < -0.3 is 26.6 Å². The van der Waals surface area contributed by atoms with Crippen LogP contribution in [0.25, 0.3) is 0 Å². The molecular formula is C27H58BrNO. The van der Waals surface area contributed by atoms with Gasteiger partial charge in [-0.1, -0.05) is 117 Å². The monoisotopic (exact) mass is 491 g/mol. The molecule has 0 aliphatic carbocycles. The first-order valence-corrected chi connectivity index (χ1v) is 13.5. The lowest BCUT2D eigenvalue weighted by molar-refractivity contribution is -0.916. The SMILES string of the molecule is CCCCCCCCCCCCC(CCCCCCCCCC)[N+](C)(C)CCO.[Br-]. The summed E-state index contributed by atoms with van der Waals surface area (Å²) in [5, 5.41) is 9.49. The van der Waals surface area contributed by atoms with Gasteiger partial charge in [0, 0.05) is 0 Å². The van der Waals surface area contributed by atoms with Crippen LogP contribution in [0.5, 0.6) is 0 Å². The van der Waals surface area contributed by atoms with Gasteiger partial charge >= 0.3 is 0 Å². The summed E-state index contributed by atoms with van der Waals surface area (Å²) in [7, 11) is 4.67. The minimum absolute atomic E-state index is 0. The molecule has 30 heavy (non-hydrogen) atoms. The highest BCUT2D eigenvalue weighted by atomic mass is 79.9. The third kappa shape index (κ3) is 20.3. The fourth-order valence-electron chi connectivity index (χ4n) is 4.66. The number of halogens is 1. The van der Waals surface area contributed by atoms with Crippen LogP contribution in [0.3, 0.4) is 0 Å². The Bertz CT molecular complexity index is 322. The highest BCUT2D eigenvalue weighted by Gasteiger charge is 2.26. The van der Waals surface area contributed by atoms with Crippen molar-refractivity contribution in [2.24, 2.45) is 0 Å². The summed E-state index contributed by atoms with van der Waals surface area (Å²) in [6.07, 6.45) is 28.1. The van der Waals surface area contributed by atoms with Crippen LogP contribution in [-0.4, -0.2) is 42.9 Å². The standard InChI is InChI=1S/C27H58NO.BrH/c1-5-7-9-11-13-15-16-18-20-22-24-27(28(3,4)25-26-29)23-21-19-17-14-12-10-8-6-2;/h27,29H,5-26H2,1-4H3;1H/q+1;/p-1. The topological polar surface area (TPSA) is 20.2 Å². The van der Waals surface area contributed by atoms with Gasteiger partial charge in [-0.15, -0.1) is 0 Å². The van der Waals surface area contributed by atoms with E-state index in [1.807, 2.05) is 0 Å². The number of quaternary nitrogens is 1. The van der Waals surface area contributed by atoms with Crippen LogP contribution < -0.4 is 17.0 Å². The molecule has 0 saturated heterocycles. The van der Waals surface area contributed by atoms with Crippen LogP contribution >= 0.6 is 0 Å². The lowest BCUT2D eigenvalue weighted by Crippen LogP contribution is -3.00. The maximum absolute atomic E-state index is 9.49. The Morgan fingerprint density at radius 3 is 1.13 bits per heavy atom. The molecule has 2 nitrogen and oxygen atoms in total. The lowest BCUT2D eigenvalue weighted by atomic mass is 9.97. The molecule has 0 heterocycles. The number of rotatable bonds is 23. The number of aliphatic hydroxyl groups excluding tert-OH is 1. The molecule has 0 radical (unpaired) electrons. The first kappa shape index (κ1) is 32.6. The smallest absolute Gasteiger partial charge is 0.102 e. The molecule has 184 valence electrons. The van der Waals surface area contributed by atoms with E-state index in [2.05, 4.69) is 27.9 Å². The van der Waals surface area contributed by atoms with E-state index in [0.717, 1.165) is 17.1 Å². The number of likely N-dealkylation sites (N-methyl/N-ethyl adjacent to an activating group) is 1. The van der Waals surface area contributed by atoms with Gasteiger partial charge in [0.2, 0.25) is 0 Å². The number of nitrogens with zero attached hydrogens (tertiary/aromatic N) is 1. The van der Waals surface area contributed by atoms with E-state index in [9.17, 15) is 5.11 Å². The fraction of sp³-hybridized carbons (Fsp3) is 1.00. The number of unbranched alkanes of at least 4 members (excludes halogenated alkanes) is 16. The Labute approximate surface area is 202 Å². The second-order valence-electron chi connectivity index (χ2n) is 10.1. The number of hydrogen-bond donors (Lipinski definition) is 1. The molecule has 0 aromatic heterocycles. The van der Waals surface area contributed by atoms with Gasteiger partial charge in [-0.05, 0) is 25.7 Å². The molecule has 0 spiro atoms. The van der Waals surface area contributed by atoms with Crippen molar-refractivity contribution in [2.75, 3.05) is 27.2 Å². The average molecular weight is 493 g/mol. The number of aliphatic hydroxyl groups is 1. The van der Waals surface area contributed by atoms with Crippen LogP contribution in [0.1, 0.15) is 142 Å². The molecule has 0 amide bonds. The van der Waals surface area contributed by atoms with Crippen molar-refractivity contribution >= 4 is 0 Å². The molecule has 3 heteroatoms. The van der Waals surface area contributed by atoms with E-state index < -0.39 is 0 Å². The molecule has 1 atom stereocenters. The summed E-state index contributed by atoms with van der Waals surface area (Å²) >= 11 is 0. The van der Waals surface area contributed by atoms with E-state index in [1.165, 1.54) is 128 Å². The van der Waals surface area contributed by atoms with Crippen LogP contribution in [0.4, 0.5) is 0 Å². The van der Waals surface area contributed by atoms with Gasteiger partial charge in [-0.25, -0.2) is 0 Å². The van der Waals surface area contributed by atoms with Crippen molar-refractivity contribution in [3.8, 4) is 0 Å². The maximum atomic E-state index is 9.49. The van der Waals surface area contributed by atoms with Gasteiger partial charge in [0.1, 0.15) is 6.54 Å². The number of hydrogen-bond acceptors (Lipinski definition) is 1. The average Bonchev–Trinajstić information content (AvgIpc) is 2.69. The molecule has 0 aromatic carbocycles. The molecule has 0 fully saturated rings. The highest BCUT2D eigenvalue weighted by Crippen LogP contribution is 2.22. The zero-order valence-corrected chi connectivity index (χ0v) is 23.0. The highest BCUT2D eigenvalue weighted by molar-refractivity contribution is 4.62. The molecule has 0 bridgehead atoms. The minimum atomic E-state index is 0. The Hall–Kier alpha value is 0.400. The van der Waals surface area contributed by atoms with Gasteiger partial charge in [0.05, 0.1) is 26.7 Å². The van der Waals surface area contributed by atoms with Crippen molar-refractivity contribution < 1.29 is 26.6 Å². The van der Waals surface area contributed by atoms with Crippen LogP contribution in [0.15, 0.2) is 0 Å². The largest absolute Gasteiger partial charge is 1.00 e. The predicted molar refractivity (Wildman–Crippen MR) is 132 cm³/mol. The lowest BCUT2D eigenvalue weighted by Gasteiger charge is -2.38. The quantitative estimate of drug-likeness (QED) is 0.152. The van der Waals surface area contributed by atoms with Gasteiger partial charge in [-0.2, -0.15) is 0 Å².